The summed E-state index contributed by atoms with van der Waals surface area (Å²) in [5, 5.41) is 9.97. The predicted octanol–water partition coefficient (Wildman–Crippen LogP) is 2.11. The van der Waals surface area contributed by atoms with E-state index in [1.54, 1.807) is 14.0 Å². The van der Waals surface area contributed by atoms with Gasteiger partial charge in [0.05, 0.1) is 5.52 Å². The molecule has 0 fully saturated rings. The summed E-state index contributed by atoms with van der Waals surface area (Å²) in [5.74, 6) is -1.17. The summed E-state index contributed by atoms with van der Waals surface area (Å²) in [6, 6.07) is 5.71. The maximum atomic E-state index is 12.1. The number of fused-ring (bicyclic) bond motifs is 1. The van der Waals surface area contributed by atoms with Crippen molar-refractivity contribution in [1.82, 2.24) is 4.57 Å². The van der Waals surface area contributed by atoms with Gasteiger partial charge in [-0.1, -0.05) is 25.1 Å². The smallest absolute Gasteiger partial charge is 0.341 e. The van der Waals surface area contributed by atoms with Gasteiger partial charge in [0.25, 0.3) is 5.56 Å². The van der Waals surface area contributed by atoms with Gasteiger partial charge >= 0.3 is 5.97 Å². The highest BCUT2D eigenvalue weighted by molar-refractivity contribution is 5.96. The van der Waals surface area contributed by atoms with Crippen molar-refractivity contribution in [3.8, 4) is 0 Å². The van der Waals surface area contributed by atoms with Gasteiger partial charge in [0.2, 0.25) is 0 Å². The fourth-order valence-corrected chi connectivity index (χ4v) is 2.39. The molecule has 0 unspecified atom stereocenters. The van der Waals surface area contributed by atoms with E-state index < -0.39 is 11.5 Å². The molecule has 1 heterocycles. The molecule has 0 atom stereocenters. The Hall–Kier alpha value is -2.10. The lowest BCUT2D eigenvalue weighted by molar-refractivity contribution is 0.0694. The van der Waals surface area contributed by atoms with Crippen LogP contribution < -0.4 is 5.56 Å². The summed E-state index contributed by atoms with van der Waals surface area (Å²) in [6.07, 6.45) is 0.802. The minimum Gasteiger partial charge on any atom is -0.477 e. The maximum Gasteiger partial charge on any atom is 0.341 e. The Morgan fingerprint density at radius 2 is 2.06 bits per heavy atom. The van der Waals surface area contributed by atoms with E-state index in [9.17, 15) is 9.59 Å². The van der Waals surface area contributed by atoms with E-state index in [0.717, 1.165) is 22.9 Å². The molecule has 2 rings (SSSR count). The fraction of sp³-hybridized carbons (Fsp3) is 0.286. The quantitative estimate of drug-likeness (QED) is 0.881. The van der Waals surface area contributed by atoms with Gasteiger partial charge in [-0.3, -0.25) is 4.79 Å². The monoisotopic (exact) mass is 245 g/mol. The van der Waals surface area contributed by atoms with Crippen LogP contribution in [0.4, 0.5) is 0 Å². The third-order valence-electron chi connectivity index (χ3n) is 3.35. The number of carboxylic acids is 1. The molecule has 0 radical (unpaired) electrons. The van der Waals surface area contributed by atoms with Gasteiger partial charge in [0.1, 0.15) is 5.56 Å². The van der Waals surface area contributed by atoms with Gasteiger partial charge in [-0.25, -0.2) is 4.79 Å². The number of nitrogens with zero attached hydrogens (tertiary/aromatic N) is 1. The fourth-order valence-electron chi connectivity index (χ4n) is 2.39. The number of hydrogen-bond acceptors (Lipinski definition) is 2. The van der Waals surface area contributed by atoms with Crippen LogP contribution >= 0.6 is 0 Å². The average molecular weight is 245 g/mol. The van der Waals surface area contributed by atoms with Crippen molar-refractivity contribution in [3.05, 3.63) is 45.2 Å². The summed E-state index contributed by atoms with van der Waals surface area (Å²) in [4.78, 5) is 23.3. The van der Waals surface area contributed by atoms with Crippen molar-refractivity contribution in [2.24, 2.45) is 7.05 Å². The molecule has 1 aromatic heterocycles. The molecular formula is C14H15NO3. The van der Waals surface area contributed by atoms with Crippen LogP contribution in [0.2, 0.25) is 0 Å². The molecule has 1 N–H and O–H groups in total. The SMILES string of the molecule is CCc1cccc2c(C)c(C(=O)O)c(=O)n(C)c12. The van der Waals surface area contributed by atoms with Crippen molar-refractivity contribution in [3.63, 3.8) is 0 Å². The first-order valence-electron chi connectivity index (χ1n) is 5.83. The molecule has 4 heteroatoms. The molecule has 0 bridgehead atoms. The summed E-state index contributed by atoms with van der Waals surface area (Å²) in [7, 11) is 1.62. The second-order valence-corrected chi connectivity index (χ2v) is 4.34. The van der Waals surface area contributed by atoms with E-state index >= 15 is 0 Å². The summed E-state index contributed by atoms with van der Waals surface area (Å²) in [5.41, 5.74) is 1.82. The van der Waals surface area contributed by atoms with E-state index in [2.05, 4.69) is 0 Å². The zero-order chi connectivity index (χ0) is 13.4. The van der Waals surface area contributed by atoms with Gasteiger partial charge in [0.15, 0.2) is 0 Å². The van der Waals surface area contributed by atoms with Gasteiger partial charge in [-0.05, 0) is 24.5 Å². The lowest BCUT2D eigenvalue weighted by atomic mass is 10.0. The molecule has 0 aliphatic carbocycles. The van der Waals surface area contributed by atoms with Gasteiger partial charge < -0.3 is 9.67 Å². The predicted molar refractivity (Wildman–Crippen MR) is 70.3 cm³/mol. The average Bonchev–Trinajstić information content (AvgIpc) is 2.35. The number of rotatable bonds is 2. The van der Waals surface area contributed by atoms with Gasteiger partial charge in [0, 0.05) is 12.4 Å². The van der Waals surface area contributed by atoms with Crippen LogP contribution in [-0.4, -0.2) is 15.6 Å². The number of aryl methyl sites for hydroxylation is 3. The Balaban J connectivity index is 3.07. The third-order valence-corrected chi connectivity index (χ3v) is 3.35. The zero-order valence-electron chi connectivity index (χ0n) is 10.7. The lowest BCUT2D eigenvalue weighted by Gasteiger charge is -2.13. The first-order chi connectivity index (χ1) is 8.49. The van der Waals surface area contributed by atoms with Crippen molar-refractivity contribution in [2.75, 3.05) is 0 Å². The first kappa shape index (κ1) is 12.4. The molecule has 0 aliphatic rings. The number of para-hydroxylation sites is 1. The summed E-state index contributed by atoms with van der Waals surface area (Å²) in [6.45, 7) is 3.70. The minimum absolute atomic E-state index is 0.141. The molecule has 0 saturated carbocycles. The molecule has 18 heavy (non-hydrogen) atoms. The molecule has 0 saturated heterocycles. The number of benzene rings is 1. The van der Waals surface area contributed by atoms with E-state index in [1.165, 1.54) is 4.57 Å². The van der Waals surface area contributed by atoms with Crippen molar-refractivity contribution in [2.45, 2.75) is 20.3 Å². The number of hydrogen-bond donors (Lipinski definition) is 1. The Morgan fingerprint density at radius 1 is 1.39 bits per heavy atom. The van der Waals surface area contributed by atoms with E-state index in [4.69, 9.17) is 5.11 Å². The second kappa shape index (κ2) is 4.29. The Labute approximate surface area is 104 Å². The summed E-state index contributed by atoms with van der Waals surface area (Å²) >= 11 is 0. The van der Waals surface area contributed by atoms with Crippen LogP contribution in [0.3, 0.4) is 0 Å². The van der Waals surface area contributed by atoms with Crippen LogP contribution in [0.15, 0.2) is 23.0 Å². The number of aromatic carboxylic acids is 1. The van der Waals surface area contributed by atoms with Crippen LogP contribution in [0, 0.1) is 6.92 Å². The minimum atomic E-state index is -1.17. The maximum absolute atomic E-state index is 12.1. The highest BCUT2D eigenvalue weighted by Crippen LogP contribution is 2.22. The zero-order valence-corrected chi connectivity index (χ0v) is 10.7. The highest BCUT2D eigenvalue weighted by Gasteiger charge is 2.18. The topological polar surface area (TPSA) is 59.3 Å². The molecule has 94 valence electrons. The molecule has 0 spiro atoms. The largest absolute Gasteiger partial charge is 0.477 e. The van der Waals surface area contributed by atoms with Crippen molar-refractivity contribution < 1.29 is 9.90 Å². The third kappa shape index (κ3) is 1.61. The van der Waals surface area contributed by atoms with E-state index in [0.29, 0.717) is 5.56 Å². The number of carbonyl (C=O) groups is 1. The highest BCUT2D eigenvalue weighted by atomic mass is 16.4. The molecule has 1 aromatic carbocycles. The van der Waals surface area contributed by atoms with E-state index in [1.807, 2.05) is 25.1 Å². The Morgan fingerprint density at radius 3 is 2.61 bits per heavy atom. The standard InChI is InChI=1S/C14H15NO3/c1-4-9-6-5-7-10-8(2)11(14(17)18)13(16)15(3)12(9)10/h5-7H,4H2,1-3H3,(H,17,18). The van der Waals surface area contributed by atoms with Crippen LogP contribution in [-0.2, 0) is 13.5 Å². The number of carboxylic acid groups (broad SMARTS) is 1. The normalized spacial score (nSPS) is 10.8. The Kier molecular flexibility index (Phi) is 2.95. The molecule has 0 aliphatic heterocycles. The molecular weight excluding hydrogens is 230 g/mol. The summed E-state index contributed by atoms with van der Waals surface area (Å²) < 4.78 is 1.44. The number of pyridine rings is 1. The van der Waals surface area contributed by atoms with Crippen LogP contribution in [0.25, 0.3) is 10.9 Å². The van der Waals surface area contributed by atoms with Crippen molar-refractivity contribution >= 4 is 16.9 Å². The second-order valence-electron chi connectivity index (χ2n) is 4.34. The first-order valence-corrected chi connectivity index (χ1v) is 5.83. The van der Waals surface area contributed by atoms with Crippen LogP contribution in [0.1, 0.15) is 28.4 Å². The van der Waals surface area contributed by atoms with Crippen LogP contribution in [0.5, 0.6) is 0 Å². The number of aromatic nitrogens is 1. The lowest BCUT2D eigenvalue weighted by Crippen LogP contribution is -2.26. The molecule has 2 aromatic rings. The van der Waals surface area contributed by atoms with Gasteiger partial charge in [-0.15, -0.1) is 0 Å². The van der Waals surface area contributed by atoms with E-state index in [-0.39, 0.29) is 5.56 Å². The Bertz CT molecular complexity index is 698. The molecule has 4 nitrogen and oxygen atoms in total. The molecule has 0 amide bonds. The van der Waals surface area contributed by atoms with Crippen molar-refractivity contribution in [1.29, 1.82) is 0 Å². The van der Waals surface area contributed by atoms with Gasteiger partial charge in [-0.2, -0.15) is 0 Å².